The molecule has 1 fully saturated rings. The van der Waals surface area contributed by atoms with Crippen LogP contribution in [0.5, 0.6) is 11.5 Å². The minimum Gasteiger partial charge on any atom is -0.457 e. The lowest BCUT2D eigenvalue weighted by Crippen LogP contribution is -2.32. The molecule has 0 aliphatic carbocycles. The molecule has 0 spiro atoms. The van der Waals surface area contributed by atoms with Gasteiger partial charge in [0, 0.05) is 24.8 Å². The largest absolute Gasteiger partial charge is 0.457 e. The second-order valence-electron chi connectivity index (χ2n) is 6.89. The highest BCUT2D eigenvalue weighted by atomic mass is 35.5. The molecule has 29 heavy (non-hydrogen) atoms. The maximum absolute atomic E-state index is 12.5. The van der Waals surface area contributed by atoms with Crippen LogP contribution >= 0.6 is 12.4 Å². The Balaban J connectivity index is 0.00000240. The molecule has 0 saturated carbocycles. The predicted molar refractivity (Wildman–Crippen MR) is 115 cm³/mol. The van der Waals surface area contributed by atoms with E-state index in [4.69, 9.17) is 4.74 Å². The average Bonchev–Trinajstić information content (AvgIpc) is 3.25. The highest BCUT2D eigenvalue weighted by Crippen LogP contribution is 2.25. The number of ether oxygens (including phenoxy) is 1. The number of hydrogen-bond acceptors (Lipinski definition) is 4. The summed E-state index contributed by atoms with van der Waals surface area (Å²) in [5.41, 5.74) is 1.35. The van der Waals surface area contributed by atoms with Crippen molar-refractivity contribution >= 4 is 18.3 Å². The molecule has 1 atom stereocenters. The molecule has 1 amide bonds. The summed E-state index contributed by atoms with van der Waals surface area (Å²) < 4.78 is 7.85. The fourth-order valence-electron chi connectivity index (χ4n) is 3.35. The van der Waals surface area contributed by atoms with Gasteiger partial charge >= 0.3 is 0 Å². The van der Waals surface area contributed by atoms with Crippen LogP contribution in [0.2, 0.25) is 0 Å². The Morgan fingerprint density at radius 2 is 1.93 bits per heavy atom. The number of rotatable bonds is 6. The van der Waals surface area contributed by atoms with E-state index in [9.17, 15) is 4.79 Å². The van der Waals surface area contributed by atoms with Crippen molar-refractivity contribution in [3.63, 3.8) is 0 Å². The summed E-state index contributed by atoms with van der Waals surface area (Å²) in [6, 6.07) is 19.4. The number of carbonyl (C=O) groups is 1. The topological polar surface area (TPSA) is 68.2 Å². The molecule has 1 unspecified atom stereocenters. The van der Waals surface area contributed by atoms with Crippen molar-refractivity contribution in [3.05, 3.63) is 78.1 Å². The first kappa shape index (κ1) is 20.9. The Morgan fingerprint density at radius 3 is 2.72 bits per heavy atom. The molecule has 1 aromatic heterocycles. The Hall–Kier alpha value is -2.83. The van der Waals surface area contributed by atoms with Gasteiger partial charge < -0.3 is 15.4 Å². The monoisotopic (exact) mass is 412 g/mol. The minimum absolute atomic E-state index is 0. The van der Waals surface area contributed by atoms with Crippen molar-refractivity contribution < 1.29 is 9.53 Å². The van der Waals surface area contributed by atoms with Crippen LogP contribution in [0.4, 0.5) is 0 Å². The Kier molecular flexibility index (Phi) is 7.27. The van der Waals surface area contributed by atoms with Gasteiger partial charge in [-0.3, -0.25) is 9.48 Å². The molecule has 1 aliphatic rings. The molecule has 0 bridgehead atoms. The number of carbonyl (C=O) groups excluding carboxylic acids is 1. The molecule has 152 valence electrons. The number of nitrogens with one attached hydrogen (secondary N) is 2. The van der Waals surface area contributed by atoms with Crippen molar-refractivity contribution in [1.82, 2.24) is 20.4 Å². The van der Waals surface area contributed by atoms with Crippen LogP contribution < -0.4 is 15.4 Å². The molecule has 2 heterocycles. The lowest BCUT2D eigenvalue weighted by molar-refractivity contribution is 0.0944. The summed E-state index contributed by atoms with van der Waals surface area (Å²) in [5.74, 6) is 1.31. The number of nitrogens with zero attached hydrogens (tertiary/aromatic N) is 2. The first-order valence-electron chi connectivity index (χ1n) is 9.64. The fraction of sp³-hybridized carbons (Fsp3) is 0.273. The van der Waals surface area contributed by atoms with Crippen molar-refractivity contribution in [3.8, 4) is 11.5 Å². The highest BCUT2D eigenvalue weighted by Gasteiger charge is 2.18. The summed E-state index contributed by atoms with van der Waals surface area (Å²) >= 11 is 0. The van der Waals surface area contributed by atoms with Crippen molar-refractivity contribution in [2.24, 2.45) is 0 Å². The van der Waals surface area contributed by atoms with Gasteiger partial charge in [0.05, 0.1) is 6.04 Å². The van der Waals surface area contributed by atoms with E-state index in [-0.39, 0.29) is 18.3 Å². The quantitative estimate of drug-likeness (QED) is 0.643. The Bertz CT molecular complexity index is 923. The Morgan fingerprint density at radius 1 is 1.14 bits per heavy atom. The van der Waals surface area contributed by atoms with Crippen LogP contribution in [0.1, 0.15) is 34.9 Å². The summed E-state index contributed by atoms with van der Waals surface area (Å²) in [4.78, 5) is 12.5. The predicted octanol–water partition coefficient (Wildman–Crippen LogP) is 3.95. The van der Waals surface area contributed by atoms with E-state index in [1.54, 1.807) is 6.07 Å². The number of hydrogen-bond donors (Lipinski definition) is 2. The zero-order valence-electron chi connectivity index (χ0n) is 16.1. The van der Waals surface area contributed by atoms with Gasteiger partial charge in [0.2, 0.25) is 0 Å². The zero-order chi connectivity index (χ0) is 19.2. The van der Waals surface area contributed by atoms with Crippen LogP contribution in [0.15, 0.2) is 66.9 Å². The molecule has 0 radical (unpaired) electrons. The third-order valence-corrected chi connectivity index (χ3v) is 4.87. The number of aromatic nitrogens is 2. The van der Waals surface area contributed by atoms with Gasteiger partial charge in [0.25, 0.3) is 5.91 Å². The molecule has 4 rings (SSSR count). The number of piperidine rings is 1. The molecule has 1 saturated heterocycles. The Labute approximate surface area is 176 Å². The van der Waals surface area contributed by atoms with Gasteiger partial charge in [-0.25, -0.2) is 0 Å². The SMILES string of the molecule is Cl.O=C(NCc1ccccc1Oc1ccccc1)c1ccn(C2CCCNC2)n1. The van der Waals surface area contributed by atoms with Gasteiger partial charge in [0.15, 0.2) is 0 Å². The highest BCUT2D eigenvalue weighted by molar-refractivity contribution is 5.92. The maximum atomic E-state index is 12.5. The van der Waals surface area contributed by atoms with Gasteiger partial charge in [-0.1, -0.05) is 36.4 Å². The van der Waals surface area contributed by atoms with Crippen molar-refractivity contribution in [2.75, 3.05) is 13.1 Å². The molecule has 2 aromatic carbocycles. The molecule has 3 aromatic rings. The molecule has 7 heteroatoms. The molecular weight excluding hydrogens is 388 g/mol. The van der Waals surface area contributed by atoms with Crippen molar-refractivity contribution in [2.45, 2.75) is 25.4 Å². The third kappa shape index (κ3) is 5.37. The number of benzene rings is 2. The fourth-order valence-corrected chi connectivity index (χ4v) is 3.35. The first-order chi connectivity index (χ1) is 13.8. The van der Waals surface area contributed by atoms with Gasteiger partial charge in [0.1, 0.15) is 17.2 Å². The summed E-state index contributed by atoms with van der Waals surface area (Å²) in [6.45, 7) is 2.32. The van der Waals surface area contributed by atoms with E-state index >= 15 is 0 Å². The maximum Gasteiger partial charge on any atom is 0.272 e. The smallest absolute Gasteiger partial charge is 0.272 e. The lowest BCUT2D eigenvalue weighted by Gasteiger charge is -2.22. The van der Waals surface area contributed by atoms with E-state index in [0.29, 0.717) is 18.3 Å². The summed E-state index contributed by atoms with van der Waals surface area (Å²) in [6.07, 6.45) is 4.10. The van der Waals surface area contributed by atoms with E-state index in [0.717, 1.165) is 43.0 Å². The second kappa shape index (κ2) is 10.1. The molecule has 2 N–H and O–H groups in total. The van der Waals surface area contributed by atoms with Crippen LogP contribution in [0, 0.1) is 0 Å². The summed E-state index contributed by atoms with van der Waals surface area (Å²) in [5, 5.41) is 10.8. The van der Waals surface area contributed by atoms with Crippen LogP contribution in [-0.2, 0) is 6.54 Å². The van der Waals surface area contributed by atoms with Gasteiger partial charge in [-0.15, -0.1) is 12.4 Å². The van der Waals surface area contributed by atoms with Crippen LogP contribution in [0.3, 0.4) is 0 Å². The lowest BCUT2D eigenvalue weighted by atomic mass is 10.1. The number of halogens is 1. The average molecular weight is 413 g/mol. The van der Waals surface area contributed by atoms with Crippen LogP contribution in [-0.4, -0.2) is 28.8 Å². The molecule has 6 nitrogen and oxygen atoms in total. The van der Waals surface area contributed by atoms with Gasteiger partial charge in [-0.2, -0.15) is 5.10 Å². The molecular formula is C22H25ClN4O2. The number of amides is 1. The standard InChI is InChI=1S/C22H24N4O2.ClH/c27-22(20-12-14-26(25-20)18-8-6-13-23-16-18)24-15-17-7-4-5-11-21(17)28-19-9-2-1-3-10-19;/h1-5,7,9-12,14,18,23H,6,8,13,15-16H2,(H,24,27);1H. The normalized spacial score (nSPS) is 15.9. The van der Waals surface area contributed by atoms with Crippen LogP contribution in [0.25, 0.3) is 0 Å². The van der Waals surface area contributed by atoms with E-state index < -0.39 is 0 Å². The van der Waals surface area contributed by atoms with Crippen molar-refractivity contribution in [1.29, 1.82) is 0 Å². The van der Waals surface area contributed by atoms with E-state index in [1.165, 1.54) is 0 Å². The van der Waals surface area contributed by atoms with E-state index in [1.807, 2.05) is 65.5 Å². The van der Waals surface area contributed by atoms with E-state index in [2.05, 4.69) is 15.7 Å². The zero-order valence-corrected chi connectivity index (χ0v) is 16.9. The van der Waals surface area contributed by atoms with Gasteiger partial charge in [-0.05, 0) is 43.7 Å². The third-order valence-electron chi connectivity index (χ3n) is 4.87. The summed E-state index contributed by atoms with van der Waals surface area (Å²) in [7, 11) is 0. The minimum atomic E-state index is -0.183. The number of para-hydroxylation sites is 2. The second-order valence-corrected chi connectivity index (χ2v) is 6.89. The first-order valence-corrected chi connectivity index (χ1v) is 9.64. The molecule has 1 aliphatic heterocycles.